The zero-order chi connectivity index (χ0) is 16.8. The lowest BCUT2D eigenvalue weighted by Gasteiger charge is -2.34. The van der Waals surface area contributed by atoms with Gasteiger partial charge in [0.05, 0.1) is 11.9 Å². The van der Waals surface area contributed by atoms with Crippen LogP contribution in [-0.2, 0) is 7.05 Å². The van der Waals surface area contributed by atoms with Crippen LogP contribution in [0.3, 0.4) is 0 Å². The first-order valence-corrected chi connectivity index (χ1v) is 10.2. The molecule has 2 N–H and O–H groups in total. The quantitative estimate of drug-likeness (QED) is 0.395. The maximum Gasteiger partial charge on any atom is 0.191 e. The summed E-state index contributed by atoms with van der Waals surface area (Å²) < 4.78 is 1.87. The highest BCUT2D eigenvalue weighted by atomic mass is 127. The summed E-state index contributed by atoms with van der Waals surface area (Å²) in [5, 5.41) is 11.4. The Morgan fingerprint density at radius 3 is 2.84 bits per heavy atom. The van der Waals surface area contributed by atoms with Gasteiger partial charge >= 0.3 is 0 Å². The standard InChI is InChI=1S/C17H30N6S.HI/c1-18-17(19-10-14-5-8-24-9-6-14)21-15-4-3-7-23(12-15)16-11-20-22(2)13-16;/h11,13-15H,3-10,12H2,1-2H3,(H2,18,19,21);1H. The van der Waals surface area contributed by atoms with E-state index in [1.54, 1.807) is 0 Å². The van der Waals surface area contributed by atoms with E-state index in [9.17, 15) is 0 Å². The average molecular weight is 478 g/mol. The first kappa shape index (κ1) is 20.7. The van der Waals surface area contributed by atoms with Crippen LogP contribution >= 0.6 is 35.7 Å². The van der Waals surface area contributed by atoms with Gasteiger partial charge in [-0.1, -0.05) is 0 Å². The molecule has 2 fully saturated rings. The fraction of sp³-hybridized carbons (Fsp3) is 0.765. The van der Waals surface area contributed by atoms with E-state index >= 15 is 0 Å². The lowest BCUT2D eigenvalue weighted by atomic mass is 10.0. The maximum atomic E-state index is 4.42. The van der Waals surface area contributed by atoms with Gasteiger partial charge in [-0.2, -0.15) is 16.9 Å². The molecule has 142 valence electrons. The molecule has 1 aromatic rings. The molecule has 8 heteroatoms. The normalized spacial score (nSPS) is 22.4. The molecule has 0 aromatic carbocycles. The molecular formula is C17H31IN6S. The number of nitrogens with one attached hydrogen (secondary N) is 2. The largest absolute Gasteiger partial charge is 0.367 e. The van der Waals surface area contributed by atoms with Crippen molar-refractivity contribution in [3.05, 3.63) is 12.4 Å². The fourth-order valence-electron chi connectivity index (χ4n) is 3.48. The highest BCUT2D eigenvalue weighted by Crippen LogP contribution is 2.22. The van der Waals surface area contributed by atoms with Gasteiger partial charge < -0.3 is 15.5 Å². The van der Waals surface area contributed by atoms with E-state index in [1.165, 1.54) is 42.9 Å². The minimum Gasteiger partial charge on any atom is -0.367 e. The molecular weight excluding hydrogens is 447 g/mol. The number of piperidine rings is 1. The van der Waals surface area contributed by atoms with Gasteiger partial charge in [0, 0.05) is 46.0 Å². The van der Waals surface area contributed by atoms with E-state index in [2.05, 4.69) is 43.6 Å². The van der Waals surface area contributed by atoms with Crippen LogP contribution in [0.1, 0.15) is 25.7 Å². The number of rotatable bonds is 4. The van der Waals surface area contributed by atoms with Gasteiger partial charge in [-0.05, 0) is 43.1 Å². The Kier molecular flexibility index (Phi) is 8.68. The van der Waals surface area contributed by atoms with Gasteiger partial charge in [0.1, 0.15) is 0 Å². The Hall–Kier alpha value is -0.640. The van der Waals surface area contributed by atoms with E-state index in [0.29, 0.717) is 6.04 Å². The third-order valence-electron chi connectivity index (χ3n) is 4.94. The predicted octanol–water partition coefficient (Wildman–Crippen LogP) is 2.32. The number of aromatic nitrogens is 2. The summed E-state index contributed by atoms with van der Waals surface area (Å²) in [5.74, 6) is 4.36. The smallest absolute Gasteiger partial charge is 0.191 e. The number of aliphatic imine (C=N–C) groups is 1. The van der Waals surface area contributed by atoms with Crippen LogP contribution in [0.25, 0.3) is 0 Å². The van der Waals surface area contributed by atoms with Crippen LogP contribution in [0.4, 0.5) is 5.69 Å². The van der Waals surface area contributed by atoms with Crippen molar-refractivity contribution >= 4 is 47.4 Å². The highest BCUT2D eigenvalue weighted by Gasteiger charge is 2.22. The van der Waals surface area contributed by atoms with Crippen molar-refractivity contribution in [2.24, 2.45) is 18.0 Å². The number of nitrogens with zero attached hydrogens (tertiary/aromatic N) is 4. The molecule has 0 saturated carbocycles. The maximum absolute atomic E-state index is 4.42. The Morgan fingerprint density at radius 1 is 1.36 bits per heavy atom. The Labute approximate surface area is 172 Å². The van der Waals surface area contributed by atoms with E-state index in [1.807, 2.05) is 25.0 Å². The van der Waals surface area contributed by atoms with Gasteiger partial charge in [0.15, 0.2) is 5.96 Å². The molecule has 1 atom stereocenters. The van der Waals surface area contributed by atoms with Crippen LogP contribution < -0.4 is 15.5 Å². The molecule has 3 heterocycles. The van der Waals surface area contributed by atoms with Crippen LogP contribution in [0.15, 0.2) is 17.4 Å². The third-order valence-corrected chi connectivity index (χ3v) is 5.99. The van der Waals surface area contributed by atoms with Crippen LogP contribution in [-0.4, -0.2) is 60.0 Å². The molecule has 0 aliphatic carbocycles. The predicted molar refractivity (Wildman–Crippen MR) is 118 cm³/mol. The second-order valence-corrected chi connectivity index (χ2v) is 8.04. The molecule has 1 unspecified atom stereocenters. The Morgan fingerprint density at radius 2 is 2.16 bits per heavy atom. The number of guanidine groups is 1. The zero-order valence-corrected chi connectivity index (χ0v) is 18.4. The lowest BCUT2D eigenvalue weighted by Crippen LogP contribution is -2.51. The number of halogens is 1. The molecule has 0 amide bonds. The molecule has 25 heavy (non-hydrogen) atoms. The monoisotopic (exact) mass is 478 g/mol. The molecule has 2 saturated heterocycles. The molecule has 0 bridgehead atoms. The number of thioether (sulfide) groups is 1. The van der Waals surface area contributed by atoms with Crippen LogP contribution in [0.5, 0.6) is 0 Å². The highest BCUT2D eigenvalue weighted by molar-refractivity contribution is 14.0. The summed E-state index contributed by atoms with van der Waals surface area (Å²) in [6.45, 7) is 3.15. The molecule has 3 rings (SSSR count). The number of hydrogen-bond donors (Lipinski definition) is 2. The minimum absolute atomic E-state index is 0. The molecule has 2 aliphatic rings. The SMILES string of the molecule is CN=C(NCC1CCSCC1)NC1CCCN(c2cnn(C)c2)C1.I. The molecule has 0 radical (unpaired) electrons. The summed E-state index contributed by atoms with van der Waals surface area (Å²) in [4.78, 5) is 6.84. The number of hydrogen-bond acceptors (Lipinski definition) is 4. The van der Waals surface area contributed by atoms with Crippen molar-refractivity contribution in [1.29, 1.82) is 0 Å². The first-order valence-electron chi connectivity index (χ1n) is 9.03. The van der Waals surface area contributed by atoms with Crippen molar-refractivity contribution in [2.45, 2.75) is 31.7 Å². The van der Waals surface area contributed by atoms with Crippen LogP contribution in [0.2, 0.25) is 0 Å². The Bertz CT molecular complexity index is 543. The van der Waals surface area contributed by atoms with Crippen molar-refractivity contribution in [1.82, 2.24) is 20.4 Å². The minimum atomic E-state index is 0. The molecule has 1 aromatic heterocycles. The van der Waals surface area contributed by atoms with E-state index in [0.717, 1.165) is 31.5 Å². The lowest BCUT2D eigenvalue weighted by molar-refractivity contribution is 0.453. The molecule has 6 nitrogen and oxygen atoms in total. The van der Waals surface area contributed by atoms with Gasteiger partial charge in [-0.15, -0.1) is 24.0 Å². The van der Waals surface area contributed by atoms with Gasteiger partial charge in [0.25, 0.3) is 0 Å². The second kappa shape index (κ2) is 10.5. The van der Waals surface area contributed by atoms with Crippen molar-refractivity contribution in [3.63, 3.8) is 0 Å². The second-order valence-electron chi connectivity index (χ2n) is 6.81. The number of aryl methyl sites for hydroxylation is 1. The fourth-order valence-corrected chi connectivity index (χ4v) is 4.68. The first-order chi connectivity index (χ1) is 11.7. The van der Waals surface area contributed by atoms with Crippen LogP contribution in [0, 0.1) is 5.92 Å². The van der Waals surface area contributed by atoms with E-state index < -0.39 is 0 Å². The summed E-state index contributed by atoms with van der Waals surface area (Å²) in [6.07, 6.45) is 9.09. The molecule has 2 aliphatic heterocycles. The van der Waals surface area contributed by atoms with Gasteiger partial charge in [-0.25, -0.2) is 0 Å². The summed E-state index contributed by atoms with van der Waals surface area (Å²) >= 11 is 2.08. The van der Waals surface area contributed by atoms with E-state index in [4.69, 9.17) is 0 Å². The van der Waals surface area contributed by atoms with Gasteiger partial charge in [0.2, 0.25) is 0 Å². The zero-order valence-electron chi connectivity index (χ0n) is 15.3. The summed E-state index contributed by atoms with van der Waals surface area (Å²) in [5.41, 5.74) is 1.21. The van der Waals surface area contributed by atoms with Crippen molar-refractivity contribution in [3.8, 4) is 0 Å². The van der Waals surface area contributed by atoms with Gasteiger partial charge in [-0.3, -0.25) is 9.67 Å². The topological polar surface area (TPSA) is 57.5 Å². The van der Waals surface area contributed by atoms with E-state index in [-0.39, 0.29) is 24.0 Å². The van der Waals surface area contributed by atoms with Crippen molar-refractivity contribution in [2.75, 3.05) is 43.1 Å². The molecule has 0 spiro atoms. The van der Waals surface area contributed by atoms with Crippen molar-refractivity contribution < 1.29 is 0 Å². The summed E-state index contributed by atoms with van der Waals surface area (Å²) in [6, 6.07) is 0.437. The average Bonchev–Trinajstić information content (AvgIpc) is 3.06. The third kappa shape index (κ3) is 6.23. The summed E-state index contributed by atoms with van der Waals surface area (Å²) in [7, 11) is 3.84. The Balaban J connectivity index is 0.00000225. The number of anilines is 1.